The van der Waals surface area contributed by atoms with Gasteiger partial charge >= 0.3 is 0 Å². The van der Waals surface area contributed by atoms with Crippen molar-refractivity contribution in [1.82, 2.24) is 4.90 Å². The third kappa shape index (κ3) is 3.33. The number of hydrogen-bond acceptors (Lipinski definition) is 8. The molecular weight excluding hydrogens is 424 g/mol. The van der Waals surface area contributed by atoms with Gasteiger partial charge in [0.25, 0.3) is 5.69 Å². The fourth-order valence-electron chi connectivity index (χ4n) is 4.62. The quantitative estimate of drug-likeness (QED) is 0.563. The molecule has 2 atom stereocenters. The van der Waals surface area contributed by atoms with Crippen LogP contribution in [0, 0.1) is 55.4 Å². The number of thiophene rings is 1. The molecule has 2 heterocycles. The van der Waals surface area contributed by atoms with Gasteiger partial charge in [0.05, 0.1) is 33.7 Å². The Morgan fingerprint density at radius 3 is 2.56 bits per heavy atom. The van der Waals surface area contributed by atoms with E-state index in [4.69, 9.17) is 5.73 Å². The summed E-state index contributed by atoms with van der Waals surface area (Å²) >= 11 is 1.14. The van der Waals surface area contributed by atoms with Gasteiger partial charge in [-0.15, -0.1) is 11.3 Å². The highest BCUT2D eigenvalue weighted by atomic mass is 32.1. The first-order valence-electron chi connectivity index (χ1n) is 9.87. The Kier molecular flexibility index (Phi) is 5.50. The highest BCUT2D eigenvalue weighted by Crippen LogP contribution is 2.55. The van der Waals surface area contributed by atoms with Crippen LogP contribution in [0.4, 0.5) is 5.69 Å². The summed E-state index contributed by atoms with van der Waals surface area (Å²) in [6.45, 7) is 1.73. The third-order valence-electron chi connectivity index (χ3n) is 6.11. The second-order valence-corrected chi connectivity index (χ2v) is 8.76. The normalized spacial score (nSPS) is 22.1. The summed E-state index contributed by atoms with van der Waals surface area (Å²) in [5.74, 6) is -1.11. The molecule has 0 saturated heterocycles. The van der Waals surface area contributed by atoms with Gasteiger partial charge < -0.3 is 5.73 Å². The van der Waals surface area contributed by atoms with Gasteiger partial charge in [-0.25, -0.2) is 0 Å². The average Bonchev–Trinajstić information content (AvgIpc) is 3.29. The van der Waals surface area contributed by atoms with Crippen molar-refractivity contribution in [2.75, 3.05) is 13.1 Å². The monoisotopic (exact) mass is 442 g/mol. The summed E-state index contributed by atoms with van der Waals surface area (Å²) in [5.41, 5.74) is 6.31. The Balaban J connectivity index is 1.84. The summed E-state index contributed by atoms with van der Waals surface area (Å²) in [7, 11) is 0. The highest BCUT2D eigenvalue weighted by molar-refractivity contribution is 7.10. The SMILES string of the molecule is N#CC1=C(N)C(C#N)(C#N)[C@H](c2cc([N+](=O)[O-])cs2)[C@@H]2CN(Cc3ccccc3)CC=C12. The van der Waals surface area contributed by atoms with Crippen LogP contribution in [0.3, 0.4) is 0 Å². The number of nitrogens with two attached hydrogens (primary N) is 1. The smallest absolute Gasteiger partial charge is 0.280 e. The Morgan fingerprint density at radius 2 is 1.97 bits per heavy atom. The predicted octanol–water partition coefficient (Wildman–Crippen LogP) is 3.58. The molecule has 0 saturated carbocycles. The Bertz CT molecular complexity index is 1240. The molecule has 2 aliphatic rings. The standard InChI is InChI=1S/C23H18N6O2S/c24-9-18-17-6-7-28(10-15-4-2-1-3-5-15)11-19(17)21(23(13-25,14-26)22(18)27)20-8-16(12-32-20)29(30)31/h1-6,8,12,19,21H,7,10-11,27H2/t19-,21+/m1/s1. The minimum absolute atomic E-state index is 0.0786. The van der Waals surface area contributed by atoms with Crippen LogP contribution < -0.4 is 5.73 Å². The van der Waals surface area contributed by atoms with E-state index in [1.165, 1.54) is 11.4 Å². The van der Waals surface area contributed by atoms with Crippen molar-refractivity contribution in [2.45, 2.75) is 12.5 Å². The second kappa shape index (κ2) is 8.28. The molecule has 4 rings (SSSR count). The average molecular weight is 443 g/mol. The molecule has 0 radical (unpaired) electrons. The molecule has 0 unspecified atom stereocenters. The lowest BCUT2D eigenvalue weighted by Gasteiger charge is -2.45. The lowest BCUT2D eigenvalue weighted by molar-refractivity contribution is -0.384. The molecule has 1 aromatic heterocycles. The predicted molar refractivity (Wildman–Crippen MR) is 117 cm³/mol. The summed E-state index contributed by atoms with van der Waals surface area (Å²) < 4.78 is 0. The maximum absolute atomic E-state index is 11.3. The van der Waals surface area contributed by atoms with Crippen LogP contribution >= 0.6 is 11.3 Å². The molecule has 8 nitrogen and oxygen atoms in total. The Hall–Kier alpha value is -3.97. The third-order valence-corrected chi connectivity index (χ3v) is 7.12. The lowest BCUT2D eigenvalue weighted by Crippen LogP contribution is -2.47. The summed E-state index contributed by atoms with van der Waals surface area (Å²) in [4.78, 5) is 13.5. The van der Waals surface area contributed by atoms with Gasteiger partial charge in [0.15, 0.2) is 5.41 Å². The number of fused-ring (bicyclic) bond motifs is 1. The van der Waals surface area contributed by atoms with Gasteiger partial charge in [-0.1, -0.05) is 36.4 Å². The molecule has 32 heavy (non-hydrogen) atoms. The van der Waals surface area contributed by atoms with E-state index in [2.05, 4.69) is 23.1 Å². The molecule has 2 aromatic rings. The molecule has 1 aromatic carbocycles. The van der Waals surface area contributed by atoms with E-state index in [9.17, 15) is 25.9 Å². The van der Waals surface area contributed by atoms with Crippen LogP contribution in [-0.2, 0) is 6.54 Å². The molecule has 158 valence electrons. The molecule has 0 spiro atoms. The molecule has 0 amide bonds. The van der Waals surface area contributed by atoms with E-state index >= 15 is 0 Å². The molecule has 9 heteroatoms. The zero-order valence-electron chi connectivity index (χ0n) is 16.9. The number of nitro groups is 1. The fourth-order valence-corrected chi connectivity index (χ4v) is 5.70. The van der Waals surface area contributed by atoms with E-state index in [-0.39, 0.29) is 22.9 Å². The van der Waals surface area contributed by atoms with Crippen LogP contribution in [0.25, 0.3) is 0 Å². The van der Waals surface area contributed by atoms with Gasteiger partial charge in [-0.3, -0.25) is 15.0 Å². The van der Waals surface area contributed by atoms with Gasteiger partial charge in [-0.2, -0.15) is 15.8 Å². The van der Waals surface area contributed by atoms with Gasteiger partial charge in [-0.05, 0) is 11.1 Å². The highest BCUT2D eigenvalue weighted by Gasteiger charge is 2.55. The molecule has 1 aliphatic heterocycles. The van der Waals surface area contributed by atoms with Crippen LogP contribution in [0.15, 0.2) is 64.7 Å². The van der Waals surface area contributed by atoms with Crippen LogP contribution in [0.2, 0.25) is 0 Å². The maximum atomic E-state index is 11.3. The molecule has 2 N–H and O–H groups in total. The topological polar surface area (TPSA) is 144 Å². The number of allylic oxidation sites excluding steroid dienone is 2. The van der Waals surface area contributed by atoms with Crippen molar-refractivity contribution in [3.63, 3.8) is 0 Å². The van der Waals surface area contributed by atoms with Gasteiger partial charge in [0, 0.05) is 42.4 Å². The van der Waals surface area contributed by atoms with Crippen molar-refractivity contribution in [2.24, 2.45) is 17.1 Å². The van der Waals surface area contributed by atoms with Crippen LogP contribution in [0.1, 0.15) is 16.4 Å². The van der Waals surface area contributed by atoms with Crippen molar-refractivity contribution < 1.29 is 4.92 Å². The van der Waals surface area contributed by atoms with Crippen molar-refractivity contribution >= 4 is 17.0 Å². The van der Waals surface area contributed by atoms with Crippen molar-refractivity contribution in [1.29, 1.82) is 15.8 Å². The fraction of sp³-hybridized carbons (Fsp3) is 0.261. The van der Waals surface area contributed by atoms with E-state index in [1.807, 2.05) is 36.4 Å². The van der Waals surface area contributed by atoms with Crippen LogP contribution in [-0.4, -0.2) is 22.9 Å². The number of rotatable bonds is 4. The first-order valence-corrected chi connectivity index (χ1v) is 10.8. The Labute approximate surface area is 188 Å². The van der Waals surface area contributed by atoms with Gasteiger partial charge in [0.2, 0.25) is 0 Å². The zero-order chi connectivity index (χ0) is 22.9. The zero-order valence-corrected chi connectivity index (χ0v) is 17.7. The summed E-state index contributed by atoms with van der Waals surface area (Å²) in [6.07, 6.45) is 1.93. The molecule has 1 aliphatic carbocycles. The van der Waals surface area contributed by atoms with Crippen molar-refractivity contribution in [3.05, 3.63) is 85.3 Å². The van der Waals surface area contributed by atoms with E-state index in [1.54, 1.807) is 0 Å². The number of hydrogen-bond donors (Lipinski definition) is 1. The minimum atomic E-state index is -1.79. The van der Waals surface area contributed by atoms with Crippen molar-refractivity contribution in [3.8, 4) is 18.2 Å². The summed E-state index contributed by atoms with van der Waals surface area (Å²) in [6, 6.07) is 17.5. The number of benzene rings is 1. The van der Waals surface area contributed by atoms with E-state index < -0.39 is 16.3 Å². The first kappa shape index (κ1) is 21.3. The van der Waals surface area contributed by atoms with E-state index in [0.29, 0.717) is 30.1 Å². The van der Waals surface area contributed by atoms with Gasteiger partial charge in [0.1, 0.15) is 6.07 Å². The van der Waals surface area contributed by atoms with E-state index in [0.717, 1.165) is 16.9 Å². The lowest BCUT2D eigenvalue weighted by atomic mass is 9.59. The van der Waals surface area contributed by atoms with Crippen LogP contribution in [0.5, 0.6) is 0 Å². The Morgan fingerprint density at radius 1 is 1.25 bits per heavy atom. The molecular formula is C23H18N6O2S. The number of nitrogens with zero attached hydrogens (tertiary/aromatic N) is 5. The minimum Gasteiger partial charge on any atom is -0.399 e. The number of nitriles is 3. The molecule has 0 fully saturated rings. The summed E-state index contributed by atoms with van der Waals surface area (Å²) in [5, 5.41) is 42.7. The largest absolute Gasteiger partial charge is 0.399 e. The second-order valence-electron chi connectivity index (χ2n) is 7.82. The first-order chi connectivity index (χ1) is 15.4. The maximum Gasteiger partial charge on any atom is 0.280 e. The molecule has 0 bridgehead atoms.